The van der Waals surface area contributed by atoms with Crippen LogP contribution in [0.3, 0.4) is 0 Å². The first-order chi connectivity index (χ1) is 9.38. The Hall–Kier alpha value is -2.56. The molecule has 0 saturated heterocycles. The molecule has 0 bridgehead atoms. The monoisotopic (exact) mass is 273 g/mol. The van der Waals surface area contributed by atoms with Gasteiger partial charge >= 0.3 is 5.97 Å². The zero-order chi connectivity index (χ0) is 14.9. The first-order valence-electron chi connectivity index (χ1n) is 6.19. The molecule has 0 aliphatic rings. The third-order valence-corrected chi connectivity index (χ3v) is 2.96. The average molecular weight is 273 g/mol. The number of fused-ring (bicyclic) bond motifs is 1. The predicted octanol–water partition coefficient (Wildman–Crippen LogP) is 2.84. The van der Waals surface area contributed by atoms with Crippen LogP contribution in [-0.4, -0.2) is 22.1 Å². The van der Waals surface area contributed by atoms with Gasteiger partial charge in [-0.05, 0) is 35.0 Å². The highest BCUT2D eigenvalue weighted by Gasteiger charge is 2.12. The molecule has 104 valence electrons. The van der Waals surface area contributed by atoms with Gasteiger partial charge in [0.25, 0.3) is 0 Å². The van der Waals surface area contributed by atoms with Crippen LogP contribution in [0.15, 0.2) is 30.3 Å². The van der Waals surface area contributed by atoms with Crippen LogP contribution in [0.2, 0.25) is 0 Å². The highest BCUT2D eigenvalue weighted by molar-refractivity contribution is 6.06. The number of anilines is 1. The van der Waals surface area contributed by atoms with Gasteiger partial charge in [-0.1, -0.05) is 19.9 Å². The molecule has 2 aromatic rings. The number of carboxylic acid groups (broad SMARTS) is 1. The molecule has 2 aromatic carbocycles. The molecule has 0 unspecified atom stereocenters. The average Bonchev–Trinajstić information content (AvgIpc) is 2.37. The summed E-state index contributed by atoms with van der Waals surface area (Å²) in [5.41, 5.74) is 0.532. The smallest absolute Gasteiger partial charge is 0.336 e. The number of aromatic carboxylic acids is 1. The molecular formula is C15H15NO4. The molecule has 0 radical (unpaired) electrons. The SMILES string of the molecule is CC(C)C(=O)Nc1ccc2cc(O)cc(C(=O)O)c2c1. The van der Waals surface area contributed by atoms with Crippen LogP contribution >= 0.6 is 0 Å². The second kappa shape index (κ2) is 5.21. The molecule has 5 heteroatoms. The molecule has 0 aliphatic carbocycles. The maximum Gasteiger partial charge on any atom is 0.336 e. The van der Waals surface area contributed by atoms with Crippen molar-refractivity contribution in [1.82, 2.24) is 0 Å². The van der Waals surface area contributed by atoms with Crippen LogP contribution in [-0.2, 0) is 4.79 Å². The molecule has 0 aliphatic heterocycles. The Morgan fingerprint density at radius 1 is 1.15 bits per heavy atom. The molecule has 0 fully saturated rings. The lowest BCUT2D eigenvalue weighted by Gasteiger charge is -2.10. The van der Waals surface area contributed by atoms with E-state index in [1.807, 2.05) is 0 Å². The number of rotatable bonds is 3. The Morgan fingerprint density at radius 2 is 1.85 bits per heavy atom. The molecule has 3 N–H and O–H groups in total. The maximum atomic E-state index is 11.7. The van der Waals surface area contributed by atoms with E-state index < -0.39 is 5.97 Å². The number of nitrogens with one attached hydrogen (secondary N) is 1. The normalized spacial score (nSPS) is 10.8. The molecule has 0 heterocycles. The summed E-state index contributed by atoms with van der Waals surface area (Å²) in [7, 11) is 0. The Balaban J connectivity index is 2.52. The van der Waals surface area contributed by atoms with Crippen molar-refractivity contribution in [3.05, 3.63) is 35.9 Å². The molecular weight excluding hydrogens is 258 g/mol. The summed E-state index contributed by atoms with van der Waals surface area (Å²) in [5, 5.41) is 22.5. The standard InChI is InChI=1S/C15H15NO4/c1-8(2)14(18)16-10-4-3-9-5-11(17)7-13(15(19)20)12(9)6-10/h3-8,17H,1-2H3,(H,16,18)(H,19,20). The molecule has 0 aromatic heterocycles. The van der Waals surface area contributed by atoms with Crippen molar-refractivity contribution in [1.29, 1.82) is 0 Å². The maximum absolute atomic E-state index is 11.7. The van der Waals surface area contributed by atoms with E-state index in [1.54, 1.807) is 32.0 Å². The third-order valence-electron chi connectivity index (χ3n) is 2.96. The number of hydrogen-bond acceptors (Lipinski definition) is 3. The molecule has 1 amide bonds. The summed E-state index contributed by atoms with van der Waals surface area (Å²) >= 11 is 0. The molecule has 0 saturated carbocycles. The molecule has 0 spiro atoms. The van der Waals surface area contributed by atoms with Gasteiger partial charge in [-0.2, -0.15) is 0 Å². The second-order valence-corrected chi connectivity index (χ2v) is 4.88. The predicted molar refractivity (Wildman–Crippen MR) is 76.0 cm³/mol. The lowest BCUT2D eigenvalue weighted by Crippen LogP contribution is -2.17. The minimum Gasteiger partial charge on any atom is -0.508 e. The van der Waals surface area contributed by atoms with Crippen LogP contribution < -0.4 is 5.32 Å². The van der Waals surface area contributed by atoms with Gasteiger partial charge in [0.05, 0.1) is 5.56 Å². The van der Waals surface area contributed by atoms with E-state index >= 15 is 0 Å². The number of phenols is 1. The van der Waals surface area contributed by atoms with Crippen LogP contribution in [0, 0.1) is 5.92 Å². The van der Waals surface area contributed by atoms with Crippen LogP contribution in [0.5, 0.6) is 5.75 Å². The van der Waals surface area contributed by atoms with E-state index in [0.29, 0.717) is 16.5 Å². The molecule has 0 atom stereocenters. The fraction of sp³-hybridized carbons (Fsp3) is 0.200. The van der Waals surface area contributed by atoms with E-state index in [1.165, 1.54) is 12.1 Å². The number of hydrogen-bond donors (Lipinski definition) is 3. The van der Waals surface area contributed by atoms with Crippen molar-refractivity contribution in [3.8, 4) is 5.75 Å². The Bertz CT molecular complexity index is 692. The fourth-order valence-electron chi connectivity index (χ4n) is 1.88. The van der Waals surface area contributed by atoms with E-state index in [-0.39, 0.29) is 23.1 Å². The third kappa shape index (κ3) is 2.71. The summed E-state index contributed by atoms with van der Waals surface area (Å²) in [6, 6.07) is 7.61. The van der Waals surface area contributed by atoms with E-state index in [9.17, 15) is 14.7 Å². The zero-order valence-corrected chi connectivity index (χ0v) is 11.2. The first-order valence-corrected chi connectivity index (χ1v) is 6.19. The van der Waals surface area contributed by atoms with Gasteiger partial charge in [-0.15, -0.1) is 0 Å². The Labute approximate surface area is 115 Å². The van der Waals surface area contributed by atoms with Crippen molar-refractivity contribution >= 4 is 28.3 Å². The first kappa shape index (κ1) is 13.9. The van der Waals surface area contributed by atoms with E-state index in [0.717, 1.165) is 0 Å². The lowest BCUT2D eigenvalue weighted by atomic mass is 10.0. The minimum atomic E-state index is -1.13. The van der Waals surface area contributed by atoms with Crippen LogP contribution in [0.4, 0.5) is 5.69 Å². The number of amides is 1. The summed E-state index contributed by atoms with van der Waals surface area (Å²) in [5.74, 6) is -1.53. The van der Waals surface area contributed by atoms with Crippen LogP contribution in [0.25, 0.3) is 10.8 Å². The Kier molecular flexibility index (Phi) is 3.61. The van der Waals surface area contributed by atoms with Crippen molar-refractivity contribution in [3.63, 3.8) is 0 Å². The van der Waals surface area contributed by atoms with Crippen molar-refractivity contribution < 1.29 is 19.8 Å². The van der Waals surface area contributed by atoms with Gasteiger partial charge in [-0.3, -0.25) is 4.79 Å². The van der Waals surface area contributed by atoms with Gasteiger partial charge in [0.15, 0.2) is 0 Å². The van der Waals surface area contributed by atoms with Crippen LogP contribution in [0.1, 0.15) is 24.2 Å². The largest absolute Gasteiger partial charge is 0.508 e. The van der Waals surface area contributed by atoms with E-state index in [2.05, 4.69) is 5.32 Å². The summed E-state index contributed by atoms with van der Waals surface area (Å²) < 4.78 is 0. The second-order valence-electron chi connectivity index (χ2n) is 4.88. The quantitative estimate of drug-likeness (QED) is 0.802. The van der Waals surface area contributed by atoms with Gasteiger partial charge < -0.3 is 15.5 Å². The van der Waals surface area contributed by atoms with Gasteiger partial charge in [0.1, 0.15) is 5.75 Å². The van der Waals surface area contributed by atoms with Gasteiger partial charge in [0, 0.05) is 11.6 Å². The summed E-state index contributed by atoms with van der Waals surface area (Å²) in [6.45, 7) is 3.55. The number of benzene rings is 2. The molecule has 5 nitrogen and oxygen atoms in total. The molecule has 20 heavy (non-hydrogen) atoms. The summed E-state index contributed by atoms with van der Waals surface area (Å²) in [4.78, 5) is 22.9. The number of phenolic OH excluding ortho intramolecular Hbond substituents is 1. The van der Waals surface area contributed by atoms with E-state index in [4.69, 9.17) is 5.11 Å². The molecule has 2 rings (SSSR count). The van der Waals surface area contributed by atoms with Crippen molar-refractivity contribution in [2.75, 3.05) is 5.32 Å². The number of carboxylic acids is 1. The lowest BCUT2D eigenvalue weighted by molar-refractivity contribution is -0.118. The zero-order valence-electron chi connectivity index (χ0n) is 11.2. The van der Waals surface area contributed by atoms with Gasteiger partial charge in [-0.25, -0.2) is 4.79 Å². The Morgan fingerprint density at radius 3 is 2.45 bits per heavy atom. The highest BCUT2D eigenvalue weighted by atomic mass is 16.4. The van der Waals surface area contributed by atoms with Crippen molar-refractivity contribution in [2.24, 2.45) is 5.92 Å². The number of carbonyl (C=O) groups excluding carboxylic acids is 1. The van der Waals surface area contributed by atoms with Gasteiger partial charge in [0.2, 0.25) is 5.91 Å². The highest BCUT2D eigenvalue weighted by Crippen LogP contribution is 2.27. The number of aromatic hydroxyl groups is 1. The fourth-order valence-corrected chi connectivity index (χ4v) is 1.88. The number of carbonyl (C=O) groups is 2. The topological polar surface area (TPSA) is 86.6 Å². The summed E-state index contributed by atoms with van der Waals surface area (Å²) in [6.07, 6.45) is 0. The van der Waals surface area contributed by atoms with Crippen molar-refractivity contribution in [2.45, 2.75) is 13.8 Å². The minimum absolute atomic E-state index is 0.000598.